The highest BCUT2D eigenvalue weighted by Crippen LogP contribution is 2.40. The number of fused-ring (bicyclic) bond motifs is 2. The highest BCUT2D eigenvalue weighted by molar-refractivity contribution is 7.89. The molecule has 162 valence electrons. The first-order chi connectivity index (χ1) is 14.3. The molecule has 3 aromatic rings. The topological polar surface area (TPSA) is 113 Å². The maximum atomic E-state index is 13.3. The summed E-state index contributed by atoms with van der Waals surface area (Å²) in [6.45, 7) is 2.04. The van der Waals surface area contributed by atoms with E-state index in [1.165, 1.54) is 46.6 Å². The van der Waals surface area contributed by atoms with Crippen molar-refractivity contribution in [1.82, 2.24) is 4.72 Å². The van der Waals surface area contributed by atoms with Gasteiger partial charge in [0.2, 0.25) is 15.5 Å². The summed E-state index contributed by atoms with van der Waals surface area (Å²) in [5.74, 6) is 0.783. The van der Waals surface area contributed by atoms with Crippen LogP contribution in [0, 0.1) is 0 Å². The largest absolute Gasteiger partial charge is 0.496 e. The third-order valence-corrected chi connectivity index (χ3v) is 6.09. The highest BCUT2D eigenvalue weighted by atomic mass is 32.2. The molecule has 0 saturated heterocycles. The van der Waals surface area contributed by atoms with Crippen molar-refractivity contribution in [3.8, 4) is 23.0 Å². The summed E-state index contributed by atoms with van der Waals surface area (Å²) in [5.41, 5.74) is -0.509. The molecule has 9 nitrogen and oxygen atoms in total. The first kappa shape index (κ1) is 21.7. The molecule has 3 rings (SSSR count). The normalized spacial score (nSPS) is 11.6. The van der Waals surface area contributed by atoms with Gasteiger partial charge in [0, 0.05) is 18.7 Å². The maximum absolute atomic E-state index is 13.3. The molecule has 30 heavy (non-hydrogen) atoms. The van der Waals surface area contributed by atoms with Crippen LogP contribution in [0.1, 0.15) is 13.3 Å². The molecule has 0 aliphatic heterocycles. The summed E-state index contributed by atoms with van der Waals surface area (Å²) in [6.07, 6.45) is 0.583. The molecular formula is C20H23NO8S. The van der Waals surface area contributed by atoms with Gasteiger partial charge in [-0.3, -0.25) is 4.79 Å². The Kier molecular flexibility index (Phi) is 6.09. The monoisotopic (exact) mass is 437 g/mol. The van der Waals surface area contributed by atoms with Crippen LogP contribution in [0.4, 0.5) is 0 Å². The van der Waals surface area contributed by atoms with Crippen molar-refractivity contribution in [3.05, 3.63) is 28.4 Å². The third-order valence-electron chi connectivity index (χ3n) is 4.59. The lowest BCUT2D eigenvalue weighted by Gasteiger charge is -2.16. The van der Waals surface area contributed by atoms with Crippen molar-refractivity contribution in [1.29, 1.82) is 0 Å². The van der Waals surface area contributed by atoms with Gasteiger partial charge in [0.15, 0.2) is 22.0 Å². The molecule has 0 bridgehead atoms. The molecule has 0 unspecified atom stereocenters. The van der Waals surface area contributed by atoms with Crippen molar-refractivity contribution >= 4 is 32.0 Å². The molecular weight excluding hydrogens is 414 g/mol. The molecule has 1 heterocycles. The average molecular weight is 437 g/mol. The molecule has 0 atom stereocenters. The van der Waals surface area contributed by atoms with E-state index >= 15 is 0 Å². The molecule has 0 aliphatic rings. The minimum absolute atomic E-state index is 0.00840. The Morgan fingerprint density at radius 3 is 2.07 bits per heavy atom. The Hall–Kier alpha value is -2.98. The van der Waals surface area contributed by atoms with Crippen LogP contribution in [-0.4, -0.2) is 43.4 Å². The smallest absolute Gasteiger partial charge is 0.248 e. The van der Waals surface area contributed by atoms with Crippen molar-refractivity contribution < 1.29 is 31.8 Å². The van der Waals surface area contributed by atoms with E-state index < -0.39 is 15.5 Å². The zero-order chi connectivity index (χ0) is 22.1. The van der Waals surface area contributed by atoms with E-state index in [2.05, 4.69) is 4.72 Å². The van der Waals surface area contributed by atoms with Gasteiger partial charge in [0.1, 0.15) is 22.5 Å². The summed E-state index contributed by atoms with van der Waals surface area (Å²) in [7, 11) is 1.54. The van der Waals surface area contributed by atoms with Gasteiger partial charge in [-0.15, -0.1) is 0 Å². The van der Waals surface area contributed by atoms with Gasteiger partial charge in [0.25, 0.3) is 0 Å². The minimum Gasteiger partial charge on any atom is -0.496 e. The average Bonchev–Trinajstić information content (AvgIpc) is 2.75. The fourth-order valence-corrected chi connectivity index (χ4v) is 4.56. The Labute approximate surface area is 173 Å². The van der Waals surface area contributed by atoms with E-state index in [0.29, 0.717) is 17.9 Å². The Balaban J connectivity index is 2.54. The van der Waals surface area contributed by atoms with Crippen LogP contribution in [0.2, 0.25) is 0 Å². The van der Waals surface area contributed by atoms with Gasteiger partial charge in [-0.1, -0.05) is 6.92 Å². The number of hydrogen-bond acceptors (Lipinski definition) is 8. The fourth-order valence-electron chi connectivity index (χ4n) is 3.15. The minimum atomic E-state index is -4.05. The second-order valence-electron chi connectivity index (χ2n) is 6.35. The first-order valence-corrected chi connectivity index (χ1v) is 10.6. The quantitative estimate of drug-likeness (QED) is 0.535. The summed E-state index contributed by atoms with van der Waals surface area (Å²) in [5, 5.41) is 0.170. The molecule has 0 radical (unpaired) electrons. The lowest BCUT2D eigenvalue weighted by Crippen LogP contribution is -2.25. The van der Waals surface area contributed by atoms with Gasteiger partial charge in [0.05, 0.1) is 33.8 Å². The van der Waals surface area contributed by atoms with Crippen LogP contribution >= 0.6 is 0 Å². The highest BCUT2D eigenvalue weighted by Gasteiger charge is 2.29. The zero-order valence-electron chi connectivity index (χ0n) is 17.3. The van der Waals surface area contributed by atoms with Crippen molar-refractivity contribution in [3.63, 3.8) is 0 Å². The zero-order valence-corrected chi connectivity index (χ0v) is 18.1. The Morgan fingerprint density at radius 2 is 1.50 bits per heavy atom. The number of benzene rings is 2. The van der Waals surface area contributed by atoms with E-state index in [1.807, 2.05) is 6.92 Å². The van der Waals surface area contributed by atoms with E-state index in [-0.39, 0.29) is 44.9 Å². The lowest BCUT2D eigenvalue weighted by atomic mass is 10.1. The molecule has 1 N–H and O–H groups in total. The van der Waals surface area contributed by atoms with Gasteiger partial charge in [-0.25, -0.2) is 13.1 Å². The van der Waals surface area contributed by atoms with Crippen LogP contribution in [0.15, 0.2) is 32.3 Å². The SMILES string of the molecule is CCCNS(=O)(=O)c1c(OC)cc(OC)c2c(=O)c3cc(OC)c(OC)cc3oc12. The van der Waals surface area contributed by atoms with Crippen molar-refractivity contribution in [2.45, 2.75) is 18.2 Å². The number of hydrogen-bond donors (Lipinski definition) is 1. The predicted octanol–water partition coefficient (Wildman–Crippen LogP) is 2.67. The first-order valence-electron chi connectivity index (χ1n) is 9.10. The molecule has 2 aromatic carbocycles. The lowest BCUT2D eigenvalue weighted by molar-refractivity contribution is 0.355. The van der Waals surface area contributed by atoms with E-state index in [0.717, 1.165) is 0 Å². The number of nitrogens with one attached hydrogen (secondary N) is 1. The second-order valence-corrected chi connectivity index (χ2v) is 8.05. The second kappa shape index (κ2) is 8.41. The predicted molar refractivity (Wildman–Crippen MR) is 112 cm³/mol. The van der Waals surface area contributed by atoms with Crippen LogP contribution in [0.5, 0.6) is 23.0 Å². The third kappa shape index (κ3) is 3.52. The van der Waals surface area contributed by atoms with Crippen molar-refractivity contribution in [2.75, 3.05) is 35.0 Å². The van der Waals surface area contributed by atoms with Crippen LogP contribution < -0.4 is 29.1 Å². The standard InChI is InChI=1S/C20H23NO8S/c1-6-7-21-30(23,24)20-16(28-5)10-15(27-4)17-18(22)11-8-13(25-2)14(26-3)9-12(11)29-19(17)20/h8-10,21H,6-7H2,1-5H3. The summed E-state index contributed by atoms with van der Waals surface area (Å²) in [6, 6.07) is 4.30. The molecule has 0 aliphatic carbocycles. The van der Waals surface area contributed by atoms with Gasteiger partial charge in [-0.2, -0.15) is 0 Å². The van der Waals surface area contributed by atoms with Crippen LogP contribution in [0.3, 0.4) is 0 Å². The molecule has 0 spiro atoms. The van der Waals surface area contributed by atoms with Crippen LogP contribution in [-0.2, 0) is 10.0 Å². The van der Waals surface area contributed by atoms with E-state index in [1.54, 1.807) is 0 Å². The number of ether oxygens (including phenoxy) is 4. The molecule has 0 fully saturated rings. The summed E-state index contributed by atoms with van der Waals surface area (Å²) < 4.78 is 55.6. The Bertz CT molecular complexity index is 1260. The van der Waals surface area contributed by atoms with Gasteiger partial charge in [-0.05, 0) is 12.5 Å². The van der Waals surface area contributed by atoms with Crippen LogP contribution in [0.25, 0.3) is 21.9 Å². The molecule has 10 heteroatoms. The Morgan fingerprint density at radius 1 is 0.900 bits per heavy atom. The summed E-state index contributed by atoms with van der Waals surface area (Å²) >= 11 is 0. The molecule has 1 aromatic heterocycles. The van der Waals surface area contributed by atoms with Crippen molar-refractivity contribution in [2.24, 2.45) is 0 Å². The van der Waals surface area contributed by atoms with E-state index in [9.17, 15) is 13.2 Å². The van der Waals surface area contributed by atoms with E-state index in [4.69, 9.17) is 23.4 Å². The van der Waals surface area contributed by atoms with Gasteiger partial charge >= 0.3 is 0 Å². The molecule has 0 amide bonds. The number of rotatable bonds is 8. The maximum Gasteiger partial charge on any atom is 0.248 e. The summed E-state index contributed by atoms with van der Waals surface area (Å²) in [4.78, 5) is 13.1. The number of sulfonamides is 1. The molecule has 0 saturated carbocycles. The fraction of sp³-hybridized carbons (Fsp3) is 0.350. The number of methoxy groups -OCH3 is 4. The van der Waals surface area contributed by atoms with Gasteiger partial charge < -0.3 is 23.4 Å².